The minimum absolute atomic E-state index is 0.232. The lowest BCUT2D eigenvalue weighted by atomic mass is 10.0. The number of carbonyl (C=O) groups is 2. The molecule has 8 heteroatoms. The van der Waals surface area contributed by atoms with Crippen LogP contribution >= 0.6 is 11.3 Å². The fraction of sp³-hybridized carbons (Fsp3) is 0.250. The lowest BCUT2D eigenvalue weighted by molar-refractivity contribution is -0.123. The van der Waals surface area contributed by atoms with E-state index < -0.39 is 6.04 Å². The lowest BCUT2D eigenvalue weighted by Gasteiger charge is -2.19. The molecule has 0 unspecified atom stereocenters. The molecule has 0 aliphatic heterocycles. The normalized spacial score (nSPS) is 11.3. The molecule has 3 rings (SSSR count). The molecule has 168 valence electrons. The summed E-state index contributed by atoms with van der Waals surface area (Å²) in [7, 11) is 4.61. The quantitative estimate of drug-likeness (QED) is 0.490. The van der Waals surface area contributed by atoms with Gasteiger partial charge in [-0.3, -0.25) is 9.59 Å². The highest BCUT2D eigenvalue weighted by atomic mass is 32.1. The van der Waals surface area contributed by atoms with E-state index in [1.165, 1.54) is 32.7 Å². The topological polar surface area (TPSA) is 85.9 Å². The van der Waals surface area contributed by atoms with Crippen LogP contribution in [-0.2, 0) is 17.8 Å². The molecule has 0 saturated heterocycles. The van der Waals surface area contributed by atoms with Crippen LogP contribution in [0.25, 0.3) is 0 Å². The molecular formula is C24H26N2O5S. The Balaban J connectivity index is 1.75. The fourth-order valence-corrected chi connectivity index (χ4v) is 3.87. The third-order valence-corrected chi connectivity index (χ3v) is 5.71. The van der Waals surface area contributed by atoms with Gasteiger partial charge in [-0.2, -0.15) is 0 Å². The number of hydrogen-bond donors (Lipinski definition) is 2. The van der Waals surface area contributed by atoms with Crippen LogP contribution in [0.4, 0.5) is 0 Å². The second-order valence-corrected chi connectivity index (χ2v) is 7.89. The first kappa shape index (κ1) is 23.1. The largest absolute Gasteiger partial charge is 0.493 e. The smallest absolute Gasteiger partial charge is 0.262 e. The van der Waals surface area contributed by atoms with Gasteiger partial charge in [-0.1, -0.05) is 36.4 Å². The second kappa shape index (κ2) is 11.2. The molecule has 0 spiro atoms. The van der Waals surface area contributed by atoms with Crippen LogP contribution in [0.5, 0.6) is 17.2 Å². The van der Waals surface area contributed by atoms with E-state index in [0.717, 1.165) is 11.1 Å². The summed E-state index contributed by atoms with van der Waals surface area (Å²) in [6.07, 6.45) is 0.374. The van der Waals surface area contributed by atoms with Gasteiger partial charge in [0.2, 0.25) is 11.7 Å². The maximum absolute atomic E-state index is 13.0. The van der Waals surface area contributed by atoms with Crippen molar-refractivity contribution >= 4 is 23.2 Å². The molecule has 1 atom stereocenters. The Bertz CT molecular complexity index is 1010. The van der Waals surface area contributed by atoms with E-state index in [2.05, 4.69) is 10.6 Å². The van der Waals surface area contributed by atoms with Gasteiger partial charge in [-0.05, 0) is 34.7 Å². The lowest BCUT2D eigenvalue weighted by Crippen LogP contribution is -2.47. The highest BCUT2D eigenvalue weighted by Crippen LogP contribution is 2.38. The maximum Gasteiger partial charge on any atom is 0.262 e. The zero-order valence-electron chi connectivity index (χ0n) is 18.2. The third kappa shape index (κ3) is 5.79. The Morgan fingerprint density at radius 1 is 0.906 bits per heavy atom. The van der Waals surface area contributed by atoms with E-state index in [9.17, 15) is 9.59 Å². The van der Waals surface area contributed by atoms with Crippen LogP contribution in [0.3, 0.4) is 0 Å². The Kier molecular flexibility index (Phi) is 8.10. The first-order valence-electron chi connectivity index (χ1n) is 10.0. The molecule has 1 aromatic heterocycles. The number of carbonyl (C=O) groups excluding carboxylic acids is 2. The van der Waals surface area contributed by atoms with Crippen LogP contribution < -0.4 is 24.8 Å². The van der Waals surface area contributed by atoms with Crippen LogP contribution in [0.1, 0.15) is 20.8 Å². The van der Waals surface area contributed by atoms with Gasteiger partial charge in [0.15, 0.2) is 11.5 Å². The number of nitrogens with one attached hydrogen (secondary N) is 2. The summed E-state index contributed by atoms with van der Waals surface area (Å²) in [5.74, 6) is 0.928. The number of benzene rings is 2. The van der Waals surface area contributed by atoms with Crippen molar-refractivity contribution in [1.29, 1.82) is 0 Å². The van der Waals surface area contributed by atoms with Gasteiger partial charge in [0, 0.05) is 13.0 Å². The maximum atomic E-state index is 13.0. The van der Waals surface area contributed by atoms with E-state index in [1.54, 1.807) is 24.3 Å². The van der Waals surface area contributed by atoms with Gasteiger partial charge in [0.25, 0.3) is 5.91 Å². The molecule has 2 amide bonds. The van der Waals surface area contributed by atoms with Crippen LogP contribution in [0.15, 0.2) is 60.0 Å². The number of amides is 2. The molecule has 7 nitrogen and oxygen atoms in total. The predicted molar refractivity (Wildman–Crippen MR) is 124 cm³/mol. The summed E-state index contributed by atoms with van der Waals surface area (Å²) < 4.78 is 16.1. The Morgan fingerprint density at radius 3 is 2.16 bits per heavy atom. The second-order valence-electron chi connectivity index (χ2n) is 6.94. The molecule has 3 aromatic rings. The van der Waals surface area contributed by atoms with Gasteiger partial charge in [-0.15, -0.1) is 11.3 Å². The zero-order valence-corrected chi connectivity index (χ0v) is 19.0. The molecule has 2 aromatic carbocycles. The Labute approximate surface area is 191 Å². The van der Waals surface area contributed by atoms with Crippen molar-refractivity contribution in [2.45, 2.75) is 19.0 Å². The van der Waals surface area contributed by atoms with Crippen LogP contribution in [-0.4, -0.2) is 39.2 Å². The van der Waals surface area contributed by atoms with Gasteiger partial charge in [0.05, 0.1) is 26.2 Å². The minimum Gasteiger partial charge on any atom is -0.493 e. The number of thiophene rings is 1. The summed E-state index contributed by atoms with van der Waals surface area (Å²) in [4.78, 5) is 26.2. The van der Waals surface area contributed by atoms with E-state index in [1.807, 2.05) is 35.7 Å². The van der Waals surface area contributed by atoms with Crippen molar-refractivity contribution in [2.24, 2.45) is 0 Å². The molecule has 0 saturated carbocycles. The van der Waals surface area contributed by atoms with Crippen molar-refractivity contribution in [3.8, 4) is 17.2 Å². The number of methoxy groups -OCH3 is 3. The SMILES string of the molecule is COc1cc(CNC(=O)[C@H](Cc2ccccc2)NC(=O)c2cccs2)cc(OC)c1OC. The van der Waals surface area contributed by atoms with Gasteiger partial charge < -0.3 is 24.8 Å². The van der Waals surface area contributed by atoms with E-state index in [0.29, 0.717) is 28.5 Å². The molecule has 0 bridgehead atoms. The predicted octanol–water partition coefficient (Wildman–Crippen LogP) is 3.43. The Hall–Kier alpha value is -3.52. The molecule has 0 radical (unpaired) electrons. The number of ether oxygens (including phenoxy) is 3. The summed E-state index contributed by atoms with van der Waals surface area (Å²) in [6.45, 7) is 0.232. The monoisotopic (exact) mass is 454 g/mol. The summed E-state index contributed by atoms with van der Waals surface area (Å²) >= 11 is 1.33. The first-order chi connectivity index (χ1) is 15.5. The van der Waals surface area contributed by atoms with Crippen molar-refractivity contribution in [2.75, 3.05) is 21.3 Å². The summed E-state index contributed by atoms with van der Waals surface area (Å²) in [5.41, 5.74) is 1.72. The highest BCUT2D eigenvalue weighted by molar-refractivity contribution is 7.12. The van der Waals surface area contributed by atoms with Crippen molar-refractivity contribution in [3.63, 3.8) is 0 Å². The highest BCUT2D eigenvalue weighted by Gasteiger charge is 2.23. The van der Waals surface area contributed by atoms with Gasteiger partial charge in [-0.25, -0.2) is 0 Å². The van der Waals surface area contributed by atoms with Crippen LogP contribution in [0.2, 0.25) is 0 Å². The van der Waals surface area contributed by atoms with E-state index in [4.69, 9.17) is 14.2 Å². The molecule has 0 aliphatic rings. The minimum atomic E-state index is -0.728. The standard InChI is InChI=1S/C24H26N2O5S/c1-29-19-13-17(14-20(30-2)22(19)31-3)15-25-23(27)18(12-16-8-5-4-6-9-16)26-24(28)21-10-7-11-32-21/h4-11,13-14,18H,12,15H2,1-3H3,(H,25,27)(H,26,28)/t18-/m0/s1. The molecule has 2 N–H and O–H groups in total. The zero-order chi connectivity index (χ0) is 22.9. The first-order valence-corrected chi connectivity index (χ1v) is 10.9. The molecule has 0 aliphatic carbocycles. The van der Waals surface area contributed by atoms with Gasteiger partial charge >= 0.3 is 0 Å². The fourth-order valence-electron chi connectivity index (χ4n) is 3.25. The summed E-state index contributed by atoms with van der Waals surface area (Å²) in [5, 5.41) is 7.59. The van der Waals surface area contributed by atoms with Crippen LogP contribution in [0, 0.1) is 0 Å². The molecular weight excluding hydrogens is 428 g/mol. The molecule has 32 heavy (non-hydrogen) atoms. The van der Waals surface area contributed by atoms with Crippen molar-refractivity contribution in [3.05, 3.63) is 76.0 Å². The number of rotatable bonds is 10. The van der Waals surface area contributed by atoms with Crippen molar-refractivity contribution in [1.82, 2.24) is 10.6 Å². The van der Waals surface area contributed by atoms with Gasteiger partial charge in [0.1, 0.15) is 6.04 Å². The average Bonchev–Trinajstić information content (AvgIpc) is 3.37. The number of hydrogen-bond acceptors (Lipinski definition) is 6. The molecule has 0 fully saturated rings. The van der Waals surface area contributed by atoms with E-state index in [-0.39, 0.29) is 18.4 Å². The van der Waals surface area contributed by atoms with Crippen molar-refractivity contribution < 1.29 is 23.8 Å². The third-order valence-electron chi connectivity index (χ3n) is 4.84. The summed E-state index contributed by atoms with van der Waals surface area (Å²) in [6, 6.07) is 15.9. The average molecular weight is 455 g/mol. The Morgan fingerprint density at radius 2 is 1.59 bits per heavy atom. The van der Waals surface area contributed by atoms with E-state index >= 15 is 0 Å². The molecule has 1 heterocycles.